The summed E-state index contributed by atoms with van der Waals surface area (Å²) in [4.78, 5) is 16.4. The predicted molar refractivity (Wildman–Crippen MR) is 110 cm³/mol. The standard InChI is InChI=1S/C21H23N3O3S/c1-26-18-10-8-17(9-11-18)24-14-13-23-21(24)28-16-20(25)22-12-5-15-27-19-6-3-2-4-7-19/h2-4,6-11,13-14H,5,12,15-16H2,1H3,(H,22,25). The topological polar surface area (TPSA) is 65.4 Å². The number of para-hydroxylation sites is 1. The van der Waals surface area contributed by atoms with Crippen molar-refractivity contribution in [2.45, 2.75) is 11.6 Å². The molecule has 146 valence electrons. The summed E-state index contributed by atoms with van der Waals surface area (Å²) in [5, 5.41) is 3.68. The Morgan fingerprint density at radius 2 is 1.89 bits per heavy atom. The minimum Gasteiger partial charge on any atom is -0.497 e. The van der Waals surface area contributed by atoms with Crippen LogP contribution < -0.4 is 14.8 Å². The number of hydrogen-bond acceptors (Lipinski definition) is 5. The Morgan fingerprint density at radius 3 is 2.64 bits per heavy atom. The van der Waals surface area contributed by atoms with Crippen molar-refractivity contribution in [2.75, 3.05) is 26.0 Å². The minimum absolute atomic E-state index is 0.0195. The number of hydrogen-bond donors (Lipinski definition) is 1. The van der Waals surface area contributed by atoms with Crippen molar-refractivity contribution < 1.29 is 14.3 Å². The first-order chi connectivity index (χ1) is 13.8. The number of ether oxygens (including phenoxy) is 2. The summed E-state index contributed by atoms with van der Waals surface area (Å²) < 4.78 is 12.7. The van der Waals surface area contributed by atoms with Crippen LogP contribution in [0.5, 0.6) is 11.5 Å². The summed E-state index contributed by atoms with van der Waals surface area (Å²) in [6.07, 6.45) is 4.36. The molecule has 3 aromatic rings. The molecule has 3 rings (SSSR count). The molecular weight excluding hydrogens is 374 g/mol. The smallest absolute Gasteiger partial charge is 0.230 e. The van der Waals surface area contributed by atoms with Crippen molar-refractivity contribution in [1.29, 1.82) is 0 Å². The fourth-order valence-electron chi connectivity index (χ4n) is 2.52. The molecular formula is C21H23N3O3S. The lowest BCUT2D eigenvalue weighted by Crippen LogP contribution is -2.27. The van der Waals surface area contributed by atoms with Crippen LogP contribution in [0, 0.1) is 0 Å². The summed E-state index contributed by atoms with van der Waals surface area (Å²) in [6.45, 7) is 1.15. The van der Waals surface area contributed by atoms with E-state index in [0.717, 1.165) is 28.8 Å². The van der Waals surface area contributed by atoms with Gasteiger partial charge in [-0.2, -0.15) is 0 Å². The van der Waals surface area contributed by atoms with E-state index >= 15 is 0 Å². The molecule has 7 heteroatoms. The highest BCUT2D eigenvalue weighted by Gasteiger charge is 2.09. The monoisotopic (exact) mass is 397 g/mol. The van der Waals surface area contributed by atoms with Crippen LogP contribution in [-0.2, 0) is 4.79 Å². The average Bonchev–Trinajstić information content (AvgIpc) is 3.21. The Morgan fingerprint density at radius 1 is 1.11 bits per heavy atom. The van der Waals surface area contributed by atoms with E-state index in [0.29, 0.717) is 18.9 Å². The molecule has 0 aliphatic rings. The second kappa shape index (κ2) is 10.4. The Balaban J connectivity index is 1.39. The third-order valence-corrected chi connectivity index (χ3v) is 4.91. The van der Waals surface area contributed by atoms with Crippen molar-refractivity contribution in [3.8, 4) is 17.2 Å². The highest BCUT2D eigenvalue weighted by Crippen LogP contribution is 2.22. The predicted octanol–water partition coefficient (Wildman–Crippen LogP) is 3.56. The number of imidazole rings is 1. The third-order valence-electron chi connectivity index (χ3n) is 3.94. The van der Waals surface area contributed by atoms with Crippen LogP contribution in [0.25, 0.3) is 5.69 Å². The van der Waals surface area contributed by atoms with Crippen LogP contribution in [0.2, 0.25) is 0 Å². The van der Waals surface area contributed by atoms with Crippen LogP contribution in [0.1, 0.15) is 6.42 Å². The molecule has 1 aromatic heterocycles. The van der Waals surface area contributed by atoms with Crippen LogP contribution >= 0.6 is 11.8 Å². The number of nitrogens with one attached hydrogen (secondary N) is 1. The summed E-state index contributed by atoms with van der Waals surface area (Å²) in [7, 11) is 1.64. The summed E-state index contributed by atoms with van der Waals surface area (Å²) >= 11 is 1.40. The van der Waals surface area contributed by atoms with E-state index in [1.807, 2.05) is 65.4 Å². The van der Waals surface area contributed by atoms with Gasteiger partial charge >= 0.3 is 0 Å². The maximum atomic E-state index is 12.1. The van der Waals surface area contributed by atoms with Gasteiger partial charge in [0, 0.05) is 24.6 Å². The van der Waals surface area contributed by atoms with Gasteiger partial charge in [-0.05, 0) is 42.8 Å². The van der Waals surface area contributed by atoms with Crippen molar-refractivity contribution >= 4 is 17.7 Å². The van der Waals surface area contributed by atoms with Gasteiger partial charge in [0.1, 0.15) is 11.5 Å². The molecule has 1 heterocycles. The van der Waals surface area contributed by atoms with Crippen LogP contribution in [0.3, 0.4) is 0 Å². The number of carbonyl (C=O) groups is 1. The molecule has 1 amide bonds. The molecule has 0 saturated carbocycles. The number of aromatic nitrogens is 2. The van der Waals surface area contributed by atoms with Gasteiger partial charge in [-0.25, -0.2) is 4.98 Å². The first kappa shape index (κ1) is 19.8. The molecule has 0 saturated heterocycles. The number of benzene rings is 2. The van der Waals surface area contributed by atoms with Gasteiger partial charge in [0.25, 0.3) is 0 Å². The second-order valence-corrected chi connectivity index (χ2v) is 6.87. The van der Waals surface area contributed by atoms with Crippen LogP contribution in [-0.4, -0.2) is 41.5 Å². The van der Waals surface area contributed by atoms with Gasteiger partial charge in [0.15, 0.2) is 5.16 Å². The number of amides is 1. The molecule has 0 atom stereocenters. The zero-order valence-corrected chi connectivity index (χ0v) is 16.5. The SMILES string of the molecule is COc1ccc(-n2ccnc2SCC(=O)NCCCOc2ccccc2)cc1. The first-order valence-electron chi connectivity index (χ1n) is 9.01. The Kier molecular flexibility index (Phi) is 7.37. The van der Waals surface area contributed by atoms with E-state index in [4.69, 9.17) is 9.47 Å². The molecule has 0 aliphatic heterocycles. The molecule has 6 nitrogen and oxygen atoms in total. The zero-order valence-electron chi connectivity index (χ0n) is 15.7. The fraction of sp³-hybridized carbons (Fsp3) is 0.238. The van der Waals surface area contributed by atoms with Gasteiger partial charge in [-0.1, -0.05) is 30.0 Å². The maximum Gasteiger partial charge on any atom is 0.230 e. The van der Waals surface area contributed by atoms with Crippen LogP contribution in [0.15, 0.2) is 72.1 Å². The highest BCUT2D eigenvalue weighted by atomic mass is 32.2. The number of methoxy groups -OCH3 is 1. The van der Waals surface area contributed by atoms with Gasteiger partial charge in [-0.3, -0.25) is 9.36 Å². The second-order valence-electron chi connectivity index (χ2n) is 5.93. The largest absolute Gasteiger partial charge is 0.497 e. The molecule has 0 aliphatic carbocycles. The molecule has 0 fully saturated rings. The third kappa shape index (κ3) is 5.79. The van der Waals surface area contributed by atoms with Crippen molar-refractivity contribution in [3.63, 3.8) is 0 Å². The maximum absolute atomic E-state index is 12.1. The number of thioether (sulfide) groups is 1. The van der Waals surface area contributed by atoms with E-state index in [-0.39, 0.29) is 5.91 Å². The van der Waals surface area contributed by atoms with E-state index in [2.05, 4.69) is 10.3 Å². The minimum atomic E-state index is -0.0195. The normalized spacial score (nSPS) is 10.5. The Labute approximate surface area is 168 Å². The quantitative estimate of drug-likeness (QED) is 0.419. The first-order valence-corrected chi connectivity index (χ1v) is 10.00. The summed E-state index contributed by atoms with van der Waals surface area (Å²) in [5.74, 6) is 1.93. The average molecular weight is 398 g/mol. The molecule has 1 N–H and O–H groups in total. The Bertz CT molecular complexity index is 866. The summed E-state index contributed by atoms with van der Waals surface area (Å²) in [5.41, 5.74) is 0.972. The Hall–Kier alpha value is -2.93. The fourth-order valence-corrected chi connectivity index (χ4v) is 3.33. The van der Waals surface area contributed by atoms with E-state index in [1.54, 1.807) is 13.3 Å². The van der Waals surface area contributed by atoms with Crippen molar-refractivity contribution in [3.05, 3.63) is 67.0 Å². The molecule has 0 radical (unpaired) electrons. The van der Waals surface area contributed by atoms with Crippen molar-refractivity contribution in [2.24, 2.45) is 0 Å². The molecule has 2 aromatic carbocycles. The van der Waals surface area contributed by atoms with Gasteiger partial charge in [-0.15, -0.1) is 0 Å². The lowest BCUT2D eigenvalue weighted by molar-refractivity contribution is -0.118. The van der Waals surface area contributed by atoms with Crippen LogP contribution in [0.4, 0.5) is 0 Å². The number of carbonyl (C=O) groups excluding carboxylic acids is 1. The van der Waals surface area contributed by atoms with E-state index < -0.39 is 0 Å². The molecule has 0 unspecified atom stereocenters. The van der Waals surface area contributed by atoms with E-state index in [9.17, 15) is 4.79 Å². The number of rotatable bonds is 10. The van der Waals surface area contributed by atoms with Gasteiger partial charge < -0.3 is 14.8 Å². The lowest BCUT2D eigenvalue weighted by Gasteiger charge is -2.09. The zero-order chi connectivity index (χ0) is 19.6. The lowest BCUT2D eigenvalue weighted by atomic mass is 10.3. The summed E-state index contributed by atoms with van der Waals surface area (Å²) in [6, 6.07) is 17.4. The van der Waals surface area contributed by atoms with E-state index in [1.165, 1.54) is 11.8 Å². The highest BCUT2D eigenvalue weighted by molar-refractivity contribution is 7.99. The van der Waals surface area contributed by atoms with Gasteiger partial charge in [0.2, 0.25) is 5.91 Å². The molecule has 28 heavy (non-hydrogen) atoms. The van der Waals surface area contributed by atoms with Crippen molar-refractivity contribution in [1.82, 2.24) is 14.9 Å². The molecule has 0 bridgehead atoms. The molecule has 0 spiro atoms. The van der Waals surface area contributed by atoms with Gasteiger partial charge in [0.05, 0.1) is 19.5 Å². The number of nitrogens with zero attached hydrogens (tertiary/aromatic N) is 2.